The van der Waals surface area contributed by atoms with Crippen molar-refractivity contribution < 1.29 is 0 Å². The number of aryl methyl sites for hydroxylation is 2. The average molecular weight is 929 g/mol. The van der Waals surface area contributed by atoms with Crippen LogP contribution in [0.2, 0.25) is 0 Å². The maximum absolute atomic E-state index is 2.63. The van der Waals surface area contributed by atoms with E-state index in [1.165, 1.54) is 59.6 Å². The highest BCUT2D eigenvalue weighted by Gasteiger charge is 2.27. The van der Waals surface area contributed by atoms with Crippen molar-refractivity contribution in [2.75, 3.05) is 32.7 Å². The van der Waals surface area contributed by atoms with Crippen LogP contribution in [0.25, 0.3) is 11.1 Å². The third kappa shape index (κ3) is 8.96. The van der Waals surface area contributed by atoms with Crippen LogP contribution in [0.3, 0.4) is 0 Å². The van der Waals surface area contributed by atoms with E-state index in [4.69, 9.17) is 0 Å². The molecule has 10 aromatic carbocycles. The minimum atomic E-state index is 1.07. The van der Waals surface area contributed by atoms with Crippen LogP contribution in [0.15, 0.2) is 267 Å². The van der Waals surface area contributed by atoms with Crippen molar-refractivity contribution >= 4 is 68.0 Å². The Bertz CT molecular complexity index is 3340. The molecular formula is C68H56N4. The summed E-state index contributed by atoms with van der Waals surface area (Å²) in [6.07, 6.45) is 4.67. The number of rotatable bonds is 13. The first kappa shape index (κ1) is 44.4. The highest BCUT2D eigenvalue weighted by atomic mass is 15.2. The van der Waals surface area contributed by atoms with E-state index in [2.05, 4.69) is 287 Å². The predicted octanol–water partition coefficient (Wildman–Crippen LogP) is 17.8. The van der Waals surface area contributed by atoms with Crippen molar-refractivity contribution in [3.63, 3.8) is 0 Å². The van der Waals surface area contributed by atoms with Gasteiger partial charge in [0.15, 0.2) is 0 Å². The zero-order valence-corrected chi connectivity index (χ0v) is 40.4. The van der Waals surface area contributed by atoms with E-state index in [0.29, 0.717) is 0 Å². The molecule has 0 atom stereocenters. The molecule has 0 bridgehead atoms. The Morgan fingerprint density at radius 3 is 0.833 bits per heavy atom. The minimum absolute atomic E-state index is 1.07. The monoisotopic (exact) mass is 928 g/mol. The van der Waals surface area contributed by atoms with Gasteiger partial charge in [-0.2, -0.15) is 0 Å². The quantitative estimate of drug-likeness (QED) is 0.107. The second-order valence-electron chi connectivity index (χ2n) is 18.7. The fourth-order valence-electron chi connectivity index (χ4n) is 11.0. The summed E-state index contributed by atoms with van der Waals surface area (Å²) in [5.74, 6) is 0. The van der Waals surface area contributed by atoms with Crippen molar-refractivity contribution in [2.45, 2.75) is 25.7 Å². The van der Waals surface area contributed by atoms with E-state index in [-0.39, 0.29) is 0 Å². The molecule has 0 spiro atoms. The molecule has 72 heavy (non-hydrogen) atoms. The van der Waals surface area contributed by atoms with Crippen molar-refractivity contribution in [2.24, 2.45) is 0 Å². The summed E-state index contributed by atoms with van der Waals surface area (Å²) < 4.78 is 0. The normalized spacial score (nSPS) is 13.1. The predicted molar refractivity (Wildman–Crippen MR) is 304 cm³/mol. The SMILES string of the molecule is c1ccc(/C(=C(/c2ccccc2)c2ccc(N(c3ccccc3)c3cc4c5c(c3)CCCN5CCC4)cc2)c2ccc(N(c3ccccc3)c3ccc(N(c4ccccc4)c4ccccc4)cc3)cc2)cc1. The molecule has 0 fully saturated rings. The number of anilines is 10. The van der Waals surface area contributed by atoms with Gasteiger partial charge in [0.1, 0.15) is 0 Å². The van der Waals surface area contributed by atoms with Gasteiger partial charge in [0.25, 0.3) is 0 Å². The number of hydrogen-bond acceptors (Lipinski definition) is 4. The molecule has 0 saturated heterocycles. The highest BCUT2D eigenvalue weighted by Crippen LogP contribution is 2.45. The van der Waals surface area contributed by atoms with Crippen molar-refractivity contribution in [3.05, 3.63) is 300 Å². The Morgan fingerprint density at radius 2 is 0.514 bits per heavy atom. The molecule has 4 nitrogen and oxygen atoms in total. The van der Waals surface area contributed by atoms with Crippen molar-refractivity contribution in [3.8, 4) is 0 Å². The maximum atomic E-state index is 2.63. The van der Waals surface area contributed by atoms with Crippen molar-refractivity contribution in [1.82, 2.24) is 0 Å². The third-order valence-electron chi connectivity index (χ3n) is 14.2. The molecule has 0 radical (unpaired) electrons. The van der Waals surface area contributed by atoms with E-state index in [0.717, 1.165) is 80.6 Å². The molecule has 0 aromatic heterocycles. The second kappa shape index (κ2) is 20.2. The average Bonchev–Trinajstić information content (AvgIpc) is 3.45. The molecule has 0 saturated carbocycles. The summed E-state index contributed by atoms with van der Waals surface area (Å²) in [4.78, 5) is 9.73. The lowest BCUT2D eigenvalue weighted by molar-refractivity contribution is 0.634. The smallest absolute Gasteiger partial charge is 0.0468 e. The largest absolute Gasteiger partial charge is 0.371 e. The molecule has 0 amide bonds. The maximum Gasteiger partial charge on any atom is 0.0468 e. The van der Waals surface area contributed by atoms with E-state index in [1.807, 2.05) is 0 Å². The molecule has 2 aliphatic rings. The van der Waals surface area contributed by atoms with Gasteiger partial charge in [0, 0.05) is 70.0 Å². The molecule has 0 N–H and O–H groups in total. The Morgan fingerprint density at radius 1 is 0.264 bits per heavy atom. The van der Waals surface area contributed by atoms with E-state index < -0.39 is 0 Å². The molecule has 0 aliphatic carbocycles. The van der Waals surface area contributed by atoms with Crippen LogP contribution in [-0.2, 0) is 12.8 Å². The molecule has 12 rings (SSSR count). The van der Waals surface area contributed by atoms with Gasteiger partial charge >= 0.3 is 0 Å². The van der Waals surface area contributed by atoms with Gasteiger partial charge in [0.05, 0.1) is 0 Å². The van der Waals surface area contributed by atoms with Crippen LogP contribution < -0.4 is 19.6 Å². The number of para-hydroxylation sites is 4. The van der Waals surface area contributed by atoms with Gasteiger partial charge in [-0.3, -0.25) is 0 Å². The van der Waals surface area contributed by atoms with Gasteiger partial charge in [-0.25, -0.2) is 0 Å². The van der Waals surface area contributed by atoms with E-state index in [9.17, 15) is 0 Å². The Labute approximate surface area is 424 Å². The van der Waals surface area contributed by atoms with Gasteiger partial charge < -0.3 is 19.6 Å². The van der Waals surface area contributed by atoms with Gasteiger partial charge in [-0.15, -0.1) is 0 Å². The second-order valence-corrected chi connectivity index (χ2v) is 18.7. The summed E-state index contributed by atoms with van der Waals surface area (Å²) in [5.41, 5.74) is 21.5. The van der Waals surface area contributed by atoms with Gasteiger partial charge in [-0.05, 0) is 179 Å². The standard InChI is InChI=1S/C68H56N4/c1-7-21-51(22-8-1)66(53-35-39-61(40-36-53)71(59-31-15-5-16-32-59)64-45-43-63(44-46-64)70(57-27-11-3-12-28-57)58-29-13-4-14-30-58)67(52-23-9-2-10-24-52)54-37-41-62(42-38-54)72(60-33-17-6-18-34-60)65-49-55-25-19-47-69-48-20-26-56(50-65)68(55)69/h1-18,21-24,27-46,49-50H,19-20,25-26,47-48H2/b67-66+. The molecule has 348 valence electrons. The number of hydrogen-bond donors (Lipinski definition) is 0. The third-order valence-corrected chi connectivity index (χ3v) is 14.2. The van der Waals surface area contributed by atoms with E-state index >= 15 is 0 Å². The number of nitrogens with zero attached hydrogens (tertiary/aromatic N) is 4. The van der Waals surface area contributed by atoms with Crippen LogP contribution in [0, 0.1) is 0 Å². The summed E-state index contributed by atoms with van der Waals surface area (Å²) in [7, 11) is 0. The zero-order chi connectivity index (χ0) is 48.1. The Kier molecular flexibility index (Phi) is 12.5. The molecule has 4 heteroatoms. The molecule has 2 heterocycles. The van der Waals surface area contributed by atoms with Gasteiger partial charge in [-0.1, -0.05) is 158 Å². The lowest BCUT2D eigenvalue weighted by atomic mass is 9.85. The lowest BCUT2D eigenvalue weighted by Crippen LogP contribution is -2.34. The number of benzene rings is 10. The summed E-state index contributed by atoms with van der Waals surface area (Å²) in [6, 6.07) is 96.7. The zero-order valence-electron chi connectivity index (χ0n) is 40.4. The highest BCUT2D eigenvalue weighted by molar-refractivity contribution is 6.05. The van der Waals surface area contributed by atoms with Crippen LogP contribution in [-0.4, -0.2) is 13.1 Å². The van der Waals surface area contributed by atoms with Crippen LogP contribution in [0.4, 0.5) is 56.9 Å². The van der Waals surface area contributed by atoms with Crippen LogP contribution in [0.5, 0.6) is 0 Å². The van der Waals surface area contributed by atoms with Crippen molar-refractivity contribution in [1.29, 1.82) is 0 Å². The summed E-state index contributed by atoms with van der Waals surface area (Å²) in [5, 5.41) is 0. The Hall–Kier alpha value is -8.86. The topological polar surface area (TPSA) is 13.0 Å². The first-order valence-electron chi connectivity index (χ1n) is 25.4. The molecular weight excluding hydrogens is 873 g/mol. The molecule has 0 unspecified atom stereocenters. The van der Waals surface area contributed by atoms with Crippen LogP contribution >= 0.6 is 0 Å². The first-order chi connectivity index (χ1) is 35.7. The van der Waals surface area contributed by atoms with Gasteiger partial charge in [0.2, 0.25) is 0 Å². The summed E-state index contributed by atoms with van der Waals surface area (Å²) >= 11 is 0. The van der Waals surface area contributed by atoms with E-state index in [1.54, 1.807) is 0 Å². The minimum Gasteiger partial charge on any atom is -0.371 e. The fraction of sp³-hybridized carbons (Fsp3) is 0.0882. The summed E-state index contributed by atoms with van der Waals surface area (Å²) in [6.45, 7) is 2.34. The lowest BCUT2D eigenvalue weighted by Gasteiger charge is -2.38. The Balaban J connectivity index is 0.950. The fourth-order valence-corrected chi connectivity index (χ4v) is 11.0. The first-order valence-corrected chi connectivity index (χ1v) is 25.4. The van der Waals surface area contributed by atoms with Crippen LogP contribution in [0.1, 0.15) is 46.2 Å². The molecule has 10 aromatic rings. The molecule has 2 aliphatic heterocycles.